The fraction of sp³-hybridized carbons (Fsp3) is 0.0370. The van der Waals surface area contributed by atoms with Crippen molar-refractivity contribution in [3.63, 3.8) is 0 Å². The number of nitrogens with zero attached hydrogens (tertiary/aromatic N) is 2. The molecule has 10 nitrogen and oxygen atoms in total. The van der Waals surface area contributed by atoms with E-state index in [-0.39, 0.29) is 22.6 Å². The highest BCUT2D eigenvalue weighted by molar-refractivity contribution is 6.39. The molecule has 0 bridgehead atoms. The zero-order valence-corrected chi connectivity index (χ0v) is 19.4. The molecule has 1 N–H and O–H groups in total. The third kappa shape index (κ3) is 5.49. The zero-order chi connectivity index (χ0) is 26.5. The van der Waals surface area contributed by atoms with Crippen LogP contribution in [0, 0.1) is 17.0 Å². The largest absolute Gasteiger partial charge is 0.423 e. The van der Waals surface area contributed by atoms with Crippen molar-refractivity contribution in [1.82, 2.24) is 5.32 Å². The van der Waals surface area contributed by atoms with E-state index in [9.17, 15) is 29.3 Å². The van der Waals surface area contributed by atoms with Crippen LogP contribution < -0.4 is 15.0 Å². The van der Waals surface area contributed by atoms with Gasteiger partial charge in [-0.15, -0.1) is 0 Å². The molecule has 37 heavy (non-hydrogen) atoms. The minimum Gasteiger partial charge on any atom is -0.423 e. The number of nitrogens with one attached hydrogen (secondary N) is 1. The molecule has 10 heteroatoms. The van der Waals surface area contributed by atoms with Gasteiger partial charge in [-0.3, -0.25) is 25.0 Å². The SMILES string of the molecule is Cc1ccccc1N1C(=O)NC(=O)/C(=C/c2ccccc2OC(=O)/C=C/c2ccc([N+](=O)[O-])cc2)C1=O. The minimum absolute atomic E-state index is 0.0771. The van der Waals surface area contributed by atoms with Crippen molar-refractivity contribution in [2.45, 2.75) is 6.92 Å². The highest BCUT2D eigenvalue weighted by atomic mass is 16.6. The summed E-state index contributed by atoms with van der Waals surface area (Å²) < 4.78 is 5.39. The van der Waals surface area contributed by atoms with E-state index < -0.39 is 28.7 Å². The van der Waals surface area contributed by atoms with Gasteiger partial charge in [0.15, 0.2) is 0 Å². The lowest BCUT2D eigenvalue weighted by atomic mass is 10.1. The van der Waals surface area contributed by atoms with Crippen molar-refractivity contribution >= 4 is 47.3 Å². The van der Waals surface area contributed by atoms with Crippen LogP contribution in [0.5, 0.6) is 5.75 Å². The van der Waals surface area contributed by atoms with Gasteiger partial charge in [-0.2, -0.15) is 0 Å². The number of nitro benzene ring substituents is 1. The summed E-state index contributed by atoms with van der Waals surface area (Å²) >= 11 is 0. The van der Waals surface area contributed by atoms with Crippen LogP contribution in [0.2, 0.25) is 0 Å². The van der Waals surface area contributed by atoms with Gasteiger partial charge in [0.1, 0.15) is 11.3 Å². The summed E-state index contributed by atoms with van der Waals surface area (Å²) in [6, 6.07) is 17.7. The van der Waals surface area contributed by atoms with Crippen LogP contribution in [-0.2, 0) is 14.4 Å². The molecule has 3 aromatic rings. The number of hydrogen-bond acceptors (Lipinski definition) is 7. The van der Waals surface area contributed by atoms with Crippen molar-refractivity contribution in [1.29, 1.82) is 0 Å². The number of non-ortho nitro benzene ring substituents is 1. The summed E-state index contributed by atoms with van der Waals surface area (Å²) in [5.74, 6) is -2.37. The van der Waals surface area contributed by atoms with Gasteiger partial charge in [0.25, 0.3) is 17.5 Å². The number of rotatable bonds is 6. The third-order valence-electron chi connectivity index (χ3n) is 5.40. The lowest BCUT2D eigenvalue weighted by Crippen LogP contribution is -2.54. The number of benzene rings is 3. The van der Waals surface area contributed by atoms with E-state index in [0.717, 1.165) is 11.0 Å². The highest BCUT2D eigenvalue weighted by Gasteiger charge is 2.37. The van der Waals surface area contributed by atoms with E-state index >= 15 is 0 Å². The quantitative estimate of drug-likeness (QED) is 0.135. The molecular formula is C27H19N3O7. The second kappa shape index (κ2) is 10.5. The minimum atomic E-state index is -0.876. The Bertz CT molecular complexity index is 1490. The first-order chi connectivity index (χ1) is 17.7. The summed E-state index contributed by atoms with van der Waals surface area (Å²) in [5.41, 5.74) is 1.41. The first kappa shape index (κ1) is 24.7. The summed E-state index contributed by atoms with van der Waals surface area (Å²) in [4.78, 5) is 61.7. The molecule has 1 fully saturated rings. The van der Waals surface area contributed by atoms with Gasteiger partial charge < -0.3 is 4.74 Å². The number of nitro groups is 1. The number of aryl methyl sites for hydroxylation is 1. The number of carbonyl (C=O) groups excluding carboxylic acids is 4. The van der Waals surface area contributed by atoms with Gasteiger partial charge in [-0.1, -0.05) is 36.4 Å². The summed E-state index contributed by atoms with van der Waals surface area (Å²) in [5, 5.41) is 12.9. The van der Waals surface area contributed by atoms with Crippen molar-refractivity contribution in [2.24, 2.45) is 0 Å². The Morgan fingerprint density at radius 2 is 1.65 bits per heavy atom. The van der Waals surface area contributed by atoms with E-state index in [1.54, 1.807) is 49.4 Å². The molecule has 0 spiro atoms. The van der Waals surface area contributed by atoms with Crippen LogP contribution in [0.1, 0.15) is 16.7 Å². The van der Waals surface area contributed by atoms with Gasteiger partial charge in [0.05, 0.1) is 10.6 Å². The summed E-state index contributed by atoms with van der Waals surface area (Å²) in [6.45, 7) is 1.73. The second-order valence-electron chi connectivity index (χ2n) is 7.89. The molecule has 0 aliphatic carbocycles. The number of para-hydroxylation sites is 2. The predicted octanol–water partition coefficient (Wildman–Crippen LogP) is 4.19. The predicted molar refractivity (Wildman–Crippen MR) is 134 cm³/mol. The van der Waals surface area contributed by atoms with Crippen LogP contribution in [0.15, 0.2) is 84.4 Å². The van der Waals surface area contributed by atoms with E-state index in [0.29, 0.717) is 16.8 Å². The van der Waals surface area contributed by atoms with Crippen molar-refractivity contribution in [2.75, 3.05) is 4.90 Å². The van der Waals surface area contributed by atoms with Gasteiger partial charge in [0.2, 0.25) is 0 Å². The normalized spacial score (nSPS) is 14.7. The Labute approximate surface area is 210 Å². The van der Waals surface area contributed by atoms with E-state index in [1.807, 2.05) is 0 Å². The van der Waals surface area contributed by atoms with Crippen molar-refractivity contribution < 1.29 is 28.8 Å². The standard InChI is InChI=1S/C27H19N3O7/c1-17-6-2-4-8-22(17)29-26(33)21(25(32)28-27(29)34)16-19-7-3-5-9-23(19)37-24(31)15-12-18-10-13-20(14-11-18)30(35)36/h2-16H,1H3,(H,28,32,34)/b15-12+,21-16-. The number of anilines is 1. The molecule has 0 saturated carbocycles. The molecule has 184 valence electrons. The molecule has 1 aliphatic rings. The third-order valence-corrected chi connectivity index (χ3v) is 5.40. The number of carbonyl (C=O) groups is 4. The monoisotopic (exact) mass is 497 g/mol. The maximum Gasteiger partial charge on any atom is 0.336 e. The molecule has 0 atom stereocenters. The Morgan fingerprint density at radius 1 is 0.973 bits per heavy atom. The number of imide groups is 2. The Morgan fingerprint density at radius 3 is 2.35 bits per heavy atom. The van der Waals surface area contributed by atoms with Crippen LogP contribution in [0.3, 0.4) is 0 Å². The van der Waals surface area contributed by atoms with Gasteiger partial charge in [-0.05, 0) is 54.5 Å². The molecule has 1 saturated heterocycles. The maximum absolute atomic E-state index is 13.2. The van der Waals surface area contributed by atoms with Crippen molar-refractivity contribution in [3.05, 3.63) is 111 Å². The fourth-order valence-corrected chi connectivity index (χ4v) is 3.55. The molecule has 0 radical (unpaired) electrons. The molecular weight excluding hydrogens is 478 g/mol. The van der Waals surface area contributed by atoms with E-state index in [1.165, 1.54) is 42.5 Å². The Balaban J connectivity index is 1.57. The molecule has 3 aromatic carbocycles. The lowest BCUT2D eigenvalue weighted by molar-refractivity contribution is -0.384. The highest BCUT2D eigenvalue weighted by Crippen LogP contribution is 2.27. The fourth-order valence-electron chi connectivity index (χ4n) is 3.55. The van der Waals surface area contributed by atoms with Gasteiger partial charge >= 0.3 is 12.0 Å². The van der Waals surface area contributed by atoms with Gasteiger partial charge in [0, 0.05) is 23.8 Å². The first-order valence-electron chi connectivity index (χ1n) is 10.9. The average molecular weight is 497 g/mol. The number of esters is 1. The first-order valence-corrected chi connectivity index (χ1v) is 10.9. The molecule has 4 rings (SSSR count). The number of urea groups is 1. The van der Waals surface area contributed by atoms with Gasteiger partial charge in [-0.25, -0.2) is 14.5 Å². The molecule has 1 aliphatic heterocycles. The smallest absolute Gasteiger partial charge is 0.336 e. The lowest BCUT2D eigenvalue weighted by Gasteiger charge is -2.27. The number of amides is 4. The molecule has 1 heterocycles. The Hall–Kier alpha value is -5.38. The van der Waals surface area contributed by atoms with E-state index in [2.05, 4.69) is 5.32 Å². The van der Waals surface area contributed by atoms with Crippen LogP contribution >= 0.6 is 0 Å². The van der Waals surface area contributed by atoms with Crippen LogP contribution in [0.25, 0.3) is 12.2 Å². The number of barbiturate groups is 1. The van der Waals surface area contributed by atoms with Crippen LogP contribution in [0.4, 0.5) is 16.2 Å². The topological polar surface area (TPSA) is 136 Å². The molecule has 4 amide bonds. The van der Waals surface area contributed by atoms with Crippen LogP contribution in [-0.4, -0.2) is 28.7 Å². The average Bonchev–Trinajstić information content (AvgIpc) is 2.87. The zero-order valence-electron chi connectivity index (χ0n) is 19.4. The molecule has 0 unspecified atom stereocenters. The second-order valence-corrected chi connectivity index (χ2v) is 7.89. The Kier molecular flexibility index (Phi) is 7.01. The maximum atomic E-state index is 13.2. The number of hydrogen-bond donors (Lipinski definition) is 1. The summed E-state index contributed by atoms with van der Waals surface area (Å²) in [6.07, 6.45) is 3.82. The summed E-state index contributed by atoms with van der Waals surface area (Å²) in [7, 11) is 0. The molecule has 0 aromatic heterocycles. The number of ether oxygens (including phenoxy) is 1. The van der Waals surface area contributed by atoms with Crippen molar-refractivity contribution in [3.8, 4) is 5.75 Å². The van der Waals surface area contributed by atoms with E-state index in [4.69, 9.17) is 4.74 Å².